The van der Waals surface area contributed by atoms with Crippen LogP contribution in [0.25, 0.3) is 0 Å². The van der Waals surface area contributed by atoms with E-state index in [1.807, 2.05) is 0 Å². The van der Waals surface area contributed by atoms with Crippen LogP contribution >= 0.6 is 0 Å². The van der Waals surface area contributed by atoms with Gasteiger partial charge in [0.2, 0.25) is 0 Å². The molecule has 0 saturated carbocycles. The van der Waals surface area contributed by atoms with E-state index in [0.29, 0.717) is 19.6 Å². The Balaban J connectivity index is 0. The molecule has 0 aliphatic rings. The van der Waals surface area contributed by atoms with Crippen LogP contribution in [0.5, 0.6) is 0 Å². The minimum Gasteiger partial charge on any atom is -0.395 e. The first kappa shape index (κ1) is 14.9. The van der Waals surface area contributed by atoms with Gasteiger partial charge < -0.3 is 15.3 Å². The number of hydrogen-bond donors (Lipinski definition) is 3. The fourth-order valence-electron chi connectivity index (χ4n) is 0.760. The minimum atomic E-state index is 0. The Labute approximate surface area is 105 Å². The second kappa shape index (κ2) is 11.4. The SMILES string of the molecule is OCCN(CCO)CCO.[Yb]. The van der Waals surface area contributed by atoms with E-state index in [9.17, 15) is 0 Å². The van der Waals surface area contributed by atoms with Gasteiger partial charge in [-0.3, -0.25) is 4.90 Å². The van der Waals surface area contributed by atoms with Crippen molar-refractivity contribution < 1.29 is 62.2 Å². The van der Waals surface area contributed by atoms with Crippen LogP contribution in [0.4, 0.5) is 0 Å². The van der Waals surface area contributed by atoms with Crippen molar-refractivity contribution >= 4 is 0 Å². The number of rotatable bonds is 6. The molecule has 0 aliphatic heterocycles. The summed E-state index contributed by atoms with van der Waals surface area (Å²) >= 11 is 0. The molecule has 0 heterocycles. The van der Waals surface area contributed by atoms with Gasteiger partial charge in [-0.2, -0.15) is 0 Å². The van der Waals surface area contributed by atoms with E-state index in [0.717, 1.165) is 0 Å². The van der Waals surface area contributed by atoms with Gasteiger partial charge in [-0.05, 0) is 0 Å². The van der Waals surface area contributed by atoms with Crippen LogP contribution in [0.2, 0.25) is 0 Å². The predicted molar refractivity (Wildman–Crippen MR) is 37.7 cm³/mol. The quantitative estimate of drug-likeness (QED) is 0.544. The van der Waals surface area contributed by atoms with Gasteiger partial charge in [-0.25, -0.2) is 0 Å². The third kappa shape index (κ3) is 9.27. The zero-order valence-electron chi connectivity index (χ0n) is 6.30. The van der Waals surface area contributed by atoms with Gasteiger partial charge in [0.25, 0.3) is 0 Å². The summed E-state index contributed by atoms with van der Waals surface area (Å²) in [6, 6.07) is 0. The summed E-state index contributed by atoms with van der Waals surface area (Å²) in [4.78, 5) is 1.79. The molecule has 0 amide bonds. The van der Waals surface area contributed by atoms with Crippen LogP contribution in [0.15, 0.2) is 0 Å². The molecule has 0 atom stereocenters. The van der Waals surface area contributed by atoms with Gasteiger partial charge in [0.1, 0.15) is 0 Å². The number of nitrogens with zero attached hydrogens (tertiary/aromatic N) is 1. The molecule has 3 N–H and O–H groups in total. The summed E-state index contributed by atoms with van der Waals surface area (Å²) in [6.45, 7) is 1.75. The first-order valence-corrected chi connectivity index (χ1v) is 3.40. The molecule has 0 rings (SSSR count). The van der Waals surface area contributed by atoms with Crippen LogP contribution in [-0.2, 0) is 0 Å². The fraction of sp³-hybridized carbons (Fsp3) is 1.00. The molecule has 4 nitrogen and oxygen atoms in total. The summed E-state index contributed by atoms with van der Waals surface area (Å²) in [6.07, 6.45) is 0. The van der Waals surface area contributed by atoms with Gasteiger partial charge >= 0.3 is 0 Å². The number of aliphatic hydroxyl groups excluding tert-OH is 3. The molecule has 0 unspecified atom stereocenters. The predicted octanol–water partition coefficient (Wildman–Crippen LogP) is -1.73. The van der Waals surface area contributed by atoms with Crippen LogP contribution < -0.4 is 0 Å². The molecule has 0 aliphatic carbocycles. The molecule has 0 saturated heterocycles. The van der Waals surface area contributed by atoms with E-state index < -0.39 is 0 Å². The van der Waals surface area contributed by atoms with E-state index >= 15 is 0 Å². The van der Waals surface area contributed by atoms with Crippen LogP contribution in [0, 0.1) is 46.9 Å². The maximum atomic E-state index is 8.48. The Morgan fingerprint density at radius 3 is 1.18 bits per heavy atom. The second-order valence-electron chi connectivity index (χ2n) is 2.01. The monoisotopic (exact) mass is 323 g/mol. The van der Waals surface area contributed by atoms with Gasteiger partial charge in [0.15, 0.2) is 0 Å². The third-order valence-corrected chi connectivity index (χ3v) is 1.25. The summed E-state index contributed by atoms with van der Waals surface area (Å²) in [5, 5.41) is 25.5. The Kier molecular flexibility index (Phi) is 15.3. The van der Waals surface area contributed by atoms with Gasteiger partial charge in [-0.15, -0.1) is 0 Å². The number of hydrogen-bond acceptors (Lipinski definition) is 4. The van der Waals surface area contributed by atoms with E-state index in [2.05, 4.69) is 0 Å². The Bertz CT molecular complexity index is 60.6. The zero-order chi connectivity index (χ0) is 7.82. The second-order valence-corrected chi connectivity index (χ2v) is 2.01. The molecule has 76 valence electrons. The molecule has 0 aromatic carbocycles. The topological polar surface area (TPSA) is 63.9 Å². The zero-order valence-corrected chi connectivity index (χ0v) is 8.01. The van der Waals surface area contributed by atoms with Gasteiger partial charge in [-0.1, -0.05) is 0 Å². The molecule has 0 spiro atoms. The van der Waals surface area contributed by atoms with E-state index in [1.54, 1.807) is 4.90 Å². The van der Waals surface area contributed by atoms with Crippen LogP contribution in [0.1, 0.15) is 0 Å². The van der Waals surface area contributed by atoms with Gasteiger partial charge in [0, 0.05) is 66.6 Å². The Morgan fingerprint density at radius 1 is 0.727 bits per heavy atom. The average Bonchev–Trinajstić information content (AvgIpc) is 1.90. The van der Waals surface area contributed by atoms with E-state index in [1.165, 1.54) is 0 Å². The van der Waals surface area contributed by atoms with E-state index in [4.69, 9.17) is 15.3 Å². The average molecular weight is 322 g/mol. The Morgan fingerprint density at radius 2 is 1.00 bits per heavy atom. The van der Waals surface area contributed by atoms with Crippen molar-refractivity contribution in [2.24, 2.45) is 0 Å². The standard InChI is InChI=1S/C6H15NO3.Yb/c8-4-1-7(2-5-9)3-6-10;/h8-10H,1-6H2;. The normalized spacial score (nSPS) is 9.82. The van der Waals surface area contributed by atoms with Crippen LogP contribution in [-0.4, -0.2) is 59.7 Å². The molecule has 0 fully saturated rings. The molecule has 0 bridgehead atoms. The summed E-state index contributed by atoms with van der Waals surface area (Å²) in [5.74, 6) is 0. The van der Waals surface area contributed by atoms with Crippen molar-refractivity contribution in [3.8, 4) is 0 Å². The minimum absolute atomic E-state index is 0. The molecule has 0 aromatic rings. The van der Waals surface area contributed by atoms with Crippen molar-refractivity contribution in [3.63, 3.8) is 0 Å². The molecule has 0 radical (unpaired) electrons. The van der Waals surface area contributed by atoms with Crippen molar-refractivity contribution in [1.82, 2.24) is 4.90 Å². The molecular formula is C6H15NO3Yb. The molecule has 0 aromatic heterocycles. The van der Waals surface area contributed by atoms with Crippen LogP contribution in [0.3, 0.4) is 0 Å². The fourth-order valence-corrected chi connectivity index (χ4v) is 0.760. The third-order valence-electron chi connectivity index (χ3n) is 1.25. The maximum absolute atomic E-state index is 8.48. The molecule has 5 heteroatoms. The Hall–Kier alpha value is 1.36. The largest absolute Gasteiger partial charge is 0.395 e. The summed E-state index contributed by atoms with van der Waals surface area (Å²) in [5.41, 5.74) is 0. The first-order chi connectivity index (χ1) is 4.85. The number of aliphatic hydroxyl groups is 3. The van der Waals surface area contributed by atoms with Crippen molar-refractivity contribution in [1.29, 1.82) is 0 Å². The molecular weight excluding hydrogens is 307 g/mol. The summed E-state index contributed by atoms with van der Waals surface area (Å²) < 4.78 is 0. The van der Waals surface area contributed by atoms with E-state index in [-0.39, 0.29) is 66.7 Å². The smallest absolute Gasteiger partial charge is 0.0558 e. The first-order valence-electron chi connectivity index (χ1n) is 3.40. The van der Waals surface area contributed by atoms with Crippen molar-refractivity contribution in [2.75, 3.05) is 39.5 Å². The van der Waals surface area contributed by atoms with Gasteiger partial charge in [0.05, 0.1) is 19.8 Å². The summed E-state index contributed by atoms with van der Waals surface area (Å²) in [7, 11) is 0. The van der Waals surface area contributed by atoms with Crippen molar-refractivity contribution in [2.45, 2.75) is 0 Å². The molecule has 11 heavy (non-hydrogen) atoms. The van der Waals surface area contributed by atoms with Crippen molar-refractivity contribution in [3.05, 3.63) is 0 Å². The maximum Gasteiger partial charge on any atom is 0.0558 e.